The fourth-order valence-electron chi connectivity index (χ4n) is 7.86. The Balaban J connectivity index is 1.02. The van der Waals surface area contributed by atoms with Crippen molar-refractivity contribution in [2.24, 2.45) is 0 Å². The van der Waals surface area contributed by atoms with Gasteiger partial charge in [0.2, 0.25) is 0 Å². The first-order valence-corrected chi connectivity index (χ1v) is 18.7. The molecule has 11 rings (SSSR count). The summed E-state index contributed by atoms with van der Waals surface area (Å²) in [5, 5.41) is 4.39. The summed E-state index contributed by atoms with van der Waals surface area (Å²) in [6, 6.07) is 60.6. The Kier molecular flexibility index (Phi) is 7.42. The van der Waals surface area contributed by atoms with Gasteiger partial charge < -0.3 is 8.83 Å². The van der Waals surface area contributed by atoms with Gasteiger partial charge in [-0.3, -0.25) is 4.98 Å². The Hall–Kier alpha value is -7.63. The first-order chi connectivity index (χ1) is 27.7. The van der Waals surface area contributed by atoms with Crippen LogP contribution < -0.4 is 0 Å². The van der Waals surface area contributed by atoms with Gasteiger partial charge in [-0.05, 0) is 70.8 Å². The largest absolute Gasteiger partial charge is 0.456 e. The molecule has 4 heterocycles. The second-order valence-corrected chi connectivity index (χ2v) is 14.0. The number of para-hydroxylation sites is 2. The van der Waals surface area contributed by atoms with Crippen LogP contribution in [0.1, 0.15) is 0 Å². The van der Waals surface area contributed by atoms with Gasteiger partial charge in [0.05, 0.1) is 11.4 Å². The monoisotopic (exact) mass is 717 g/mol. The predicted octanol–water partition coefficient (Wildman–Crippen LogP) is 13.7. The van der Waals surface area contributed by atoms with Gasteiger partial charge in [-0.25, -0.2) is 9.97 Å². The minimum Gasteiger partial charge on any atom is -0.456 e. The molecule has 56 heavy (non-hydrogen) atoms. The molecule has 0 aliphatic heterocycles. The molecule has 0 bridgehead atoms. The Morgan fingerprint density at radius 2 is 1.00 bits per heavy atom. The Morgan fingerprint density at radius 3 is 1.82 bits per heavy atom. The van der Waals surface area contributed by atoms with E-state index < -0.39 is 0 Å². The van der Waals surface area contributed by atoms with Crippen molar-refractivity contribution in [3.63, 3.8) is 0 Å². The van der Waals surface area contributed by atoms with Gasteiger partial charge in [0, 0.05) is 61.8 Å². The van der Waals surface area contributed by atoms with Gasteiger partial charge in [-0.15, -0.1) is 0 Å². The number of pyridine rings is 1. The Labute approximate surface area is 322 Å². The van der Waals surface area contributed by atoms with Gasteiger partial charge in [0.25, 0.3) is 0 Å². The van der Waals surface area contributed by atoms with E-state index in [2.05, 4.69) is 132 Å². The number of fused-ring (bicyclic) bond motifs is 6. The van der Waals surface area contributed by atoms with E-state index >= 15 is 0 Å². The number of aromatic nitrogens is 3. The predicted molar refractivity (Wildman–Crippen MR) is 227 cm³/mol. The zero-order chi connectivity index (χ0) is 37.0. The summed E-state index contributed by atoms with van der Waals surface area (Å²) < 4.78 is 12.8. The molecule has 5 heteroatoms. The minimum absolute atomic E-state index is 0.676. The lowest BCUT2D eigenvalue weighted by Gasteiger charge is -2.12. The van der Waals surface area contributed by atoms with E-state index in [1.807, 2.05) is 54.7 Å². The zero-order valence-electron chi connectivity index (χ0n) is 30.1. The summed E-state index contributed by atoms with van der Waals surface area (Å²) in [5.74, 6) is 0.676. The summed E-state index contributed by atoms with van der Waals surface area (Å²) in [6.07, 6.45) is 3.68. The van der Waals surface area contributed by atoms with Crippen LogP contribution in [0.2, 0.25) is 0 Å². The number of furan rings is 2. The van der Waals surface area contributed by atoms with Crippen LogP contribution in [0.5, 0.6) is 0 Å². The van der Waals surface area contributed by atoms with Crippen molar-refractivity contribution in [3.8, 4) is 67.3 Å². The number of hydrogen-bond donors (Lipinski definition) is 0. The minimum atomic E-state index is 0.676. The van der Waals surface area contributed by atoms with Crippen molar-refractivity contribution in [2.75, 3.05) is 0 Å². The van der Waals surface area contributed by atoms with Gasteiger partial charge in [-0.1, -0.05) is 127 Å². The van der Waals surface area contributed by atoms with Crippen LogP contribution in [0.4, 0.5) is 0 Å². The van der Waals surface area contributed by atoms with Crippen LogP contribution >= 0.6 is 0 Å². The maximum atomic E-state index is 6.69. The standard InChI is InChI=1S/C51H31N3O2/c1-2-10-34(11-3-1)51-53-44(30-45(54-51)37-13-8-12-35(28-37)38-14-9-27-52-31-38)33-21-19-32(20-22-33)40-25-24-39(49-42-16-5-7-18-47(42)56-50(40)49)36-23-26-48-43(29-36)41-15-4-6-17-46(41)55-48/h1-31H. The number of rotatable bonds is 6. The molecule has 0 amide bonds. The molecule has 0 atom stereocenters. The first-order valence-electron chi connectivity index (χ1n) is 18.7. The van der Waals surface area contributed by atoms with Crippen molar-refractivity contribution in [2.45, 2.75) is 0 Å². The lowest BCUT2D eigenvalue weighted by atomic mass is 9.93. The van der Waals surface area contributed by atoms with Gasteiger partial charge in [0.1, 0.15) is 22.3 Å². The molecule has 0 saturated carbocycles. The fourth-order valence-corrected chi connectivity index (χ4v) is 7.86. The van der Waals surface area contributed by atoms with E-state index in [0.29, 0.717) is 5.82 Å². The normalized spacial score (nSPS) is 11.6. The highest BCUT2D eigenvalue weighted by molar-refractivity contribution is 6.17. The SMILES string of the molecule is c1ccc(-c2nc(-c3ccc(-c4ccc(-c5ccc6oc7ccccc7c6c5)c5c4oc4ccccc45)cc3)cc(-c3cccc(-c4cccnc4)c3)n2)cc1. The molecule has 0 saturated heterocycles. The molecule has 4 aromatic heterocycles. The van der Waals surface area contributed by atoms with E-state index in [0.717, 1.165) is 105 Å². The summed E-state index contributed by atoms with van der Waals surface area (Å²) in [5.41, 5.74) is 14.6. The molecular weight excluding hydrogens is 687 g/mol. The highest BCUT2D eigenvalue weighted by atomic mass is 16.3. The molecule has 0 fully saturated rings. The fraction of sp³-hybridized carbons (Fsp3) is 0. The van der Waals surface area contributed by atoms with Crippen LogP contribution in [0, 0.1) is 0 Å². The third kappa shape index (κ3) is 5.45. The average molecular weight is 718 g/mol. The van der Waals surface area contributed by atoms with Crippen LogP contribution in [0.15, 0.2) is 197 Å². The van der Waals surface area contributed by atoms with Gasteiger partial charge in [-0.2, -0.15) is 0 Å². The van der Waals surface area contributed by atoms with E-state index in [1.54, 1.807) is 6.20 Å². The van der Waals surface area contributed by atoms with Crippen LogP contribution in [0.3, 0.4) is 0 Å². The highest BCUT2D eigenvalue weighted by Gasteiger charge is 2.19. The molecule has 7 aromatic carbocycles. The highest BCUT2D eigenvalue weighted by Crippen LogP contribution is 2.43. The van der Waals surface area contributed by atoms with Crippen LogP contribution in [0.25, 0.3) is 111 Å². The molecule has 0 aliphatic carbocycles. The van der Waals surface area contributed by atoms with E-state index in [1.165, 1.54) is 0 Å². The molecule has 0 spiro atoms. The third-order valence-electron chi connectivity index (χ3n) is 10.6. The van der Waals surface area contributed by atoms with Crippen LogP contribution in [-0.4, -0.2) is 15.0 Å². The summed E-state index contributed by atoms with van der Waals surface area (Å²) in [7, 11) is 0. The molecule has 262 valence electrons. The maximum Gasteiger partial charge on any atom is 0.160 e. The van der Waals surface area contributed by atoms with Crippen molar-refractivity contribution < 1.29 is 8.83 Å². The second kappa shape index (κ2) is 13.0. The lowest BCUT2D eigenvalue weighted by Crippen LogP contribution is -1.96. The zero-order valence-corrected chi connectivity index (χ0v) is 30.1. The molecule has 0 radical (unpaired) electrons. The van der Waals surface area contributed by atoms with Crippen molar-refractivity contribution in [1.29, 1.82) is 0 Å². The molecular formula is C51H31N3O2. The quantitative estimate of drug-likeness (QED) is 0.171. The van der Waals surface area contributed by atoms with Gasteiger partial charge >= 0.3 is 0 Å². The van der Waals surface area contributed by atoms with Crippen molar-refractivity contribution >= 4 is 43.9 Å². The average Bonchev–Trinajstić information content (AvgIpc) is 3.85. The van der Waals surface area contributed by atoms with Gasteiger partial charge in [0.15, 0.2) is 5.82 Å². The third-order valence-corrected chi connectivity index (χ3v) is 10.6. The number of hydrogen-bond acceptors (Lipinski definition) is 5. The van der Waals surface area contributed by atoms with Crippen molar-refractivity contribution in [3.05, 3.63) is 188 Å². The van der Waals surface area contributed by atoms with E-state index in [4.69, 9.17) is 18.8 Å². The summed E-state index contributed by atoms with van der Waals surface area (Å²) >= 11 is 0. The molecule has 5 nitrogen and oxygen atoms in total. The van der Waals surface area contributed by atoms with E-state index in [-0.39, 0.29) is 0 Å². The van der Waals surface area contributed by atoms with E-state index in [9.17, 15) is 0 Å². The lowest BCUT2D eigenvalue weighted by molar-refractivity contribution is 0.669. The topological polar surface area (TPSA) is 65.0 Å². The molecule has 11 aromatic rings. The first kappa shape index (κ1) is 31.9. The van der Waals surface area contributed by atoms with Crippen molar-refractivity contribution in [1.82, 2.24) is 15.0 Å². The smallest absolute Gasteiger partial charge is 0.160 e. The van der Waals surface area contributed by atoms with Crippen LogP contribution in [-0.2, 0) is 0 Å². The summed E-state index contributed by atoms with van der Waals surface area (Å²) in [6.45, 7) is 0. The Bertz CT molecular complexity index is 3240. The molecule has 0 aliphatic rings. The molecule has 0 unspecified atom stereocenters. The Morgan fingerprint density at radius 1 is 0.357 bits per heavy atom. The maximum absolute atomic E-state index is 6.69. The summed E-state index contributed by atoms with van der Waals surface area (Å²) in [4.78, 5) is 14.5. The number of benzene rings is 7. The second-order valence-electron chi connectivity index (χ2n) is 14.0. The molecule has 0 N–H and O–H groups in total. The number of nitrogens with zero attached hydrogens (tertiary/aromatic N) is 3.